The first kappa shape index (κ1) is 48.3. The van der Waals surface area contributed by atoms with Crippen LogP contribution in [0.2, 0.25) is 0 Å². The molecule has 14 nitrogen and oxygen atoms in total. The number of nitrogens with two attached hydrogens (primary N) is 1. The third kappa shape index (κ3) is 13.0. The van der Waals surface area contributed by atoms with Gasteiger partial charge in [-0.3, -0.25) is 24.0 Å². The molecule has 0 unspecified atom stereocenters. The Kier molecular flexibility index (Phi) is 16.2. The molecular weight excluding hydrogens is 771 g/mol. The van der Waals surface area contributed by atoms with Crippen molar-refractivity contribution >= 4 is 35.5 Å². The van der Waals surface area contributed by atoms with Crippen molar-refractivity contribution in [2.75, 3.05) is 74.1 Å². The average Bonchev–Trinajstić information content (AvgIpc) is 3.15. The highest BCUT2D eigenvalue weighted by atomic mass is 19.4. The van der Waals surface area contributed by atoms with E-state index in [1.807, 2.05) is 108 Å². The number of primary amides is 1. The third-order valence-corrected chi connectivity index (χ3v) is 10.2. The fourth-order valence-corrected chi connectivity index (χ4v) is 7.85. The number of alkyl halides is 3. The minimum Gasteiger partial charge on any atom is -0.449 e. The molecule has 2 heterocycles. The van der Waals surface area contributed by atoms with Gasteiger partial charge in [0.2, 0.25) is 11.8 Å². The van der Waals surface area contributed by atoms with Gasteiger partial charge in [0, 0.05) is 51.4 Å². The van der Waals surface area contributed by atoms with Crippen LogP contribution in [0.5, 0.6) is 0 Å². The molecule has 0 aliphatic carbocycles. The molecule has 2 aromatic carbocycles. The summed E-state index contributed by atoms with van der Waals surface area (Å²) in [6, 6.07) is 16.5. The largest absolute Gasteiger partial charge is 0.449 e. The first-order valence-corrected chi connectivity index (χ1v) is 19.4. The summed E-state index contributed by atoms with van der Waals surface area (Å²) in [7, 11) is 7.62. The maximum Gasteiger partial charge on any atom is 0.422 e. The summed E-state index contributed by atoms with van der Waals surface area (Å²) < 4.78 is 41.4. The van der Waals surface area contributed by atoms with Gasteiger partial charge in [0.05, 0.1) is 22.9 Å². The average molecular weight is 832 g/mol. The molecule has 2 aliphatic heterocycles. The van der Waals surface area contributed by atoms with E-state index < -0.39 is 65.4 Å². The number of hydrogen-bond donors (Lipinski definition) is 1. The third-order valence-electron chi connectivity index (χ3n) is 10.2. The monoisotopic (exact) mass is 831 g/mol. The number of benzene rings is 2. The summed E-state index contributed by atoms with van der Waals surface area (Å²) in [5.41, 5.74) is 5.54. The van der Waals surface area contributed by atoms with E-state index in [0.717, 1.165) is 5.56 Å². The molecule has 59 heavy (non-hydrogen) atoms. The Bertz CT molecular complexity index is 1790. The van der Waals surface area contributed by atoms with Crippen LogP contribution >= 0.6 is 0 Å². The predicted molar refractivity (Wildman–Crippen MR) is 215 cm³/mol. The lowest BCUT2D eigenvalue weighted by molar-refractivity contribution is -0.190. The summed E-state index contributed by atoms with van der Waals surface area (Å²) in [5, 5.41) is 0. The van der Waals surface area contributed by atoms with E-state index in [-0.39, 0.29) is 37.5 Å². The van der Waals surface area contributed by atoms with E-state index in [0.29, 0.717) is 25.2 Å². The van der Waals surface area contributed by atoms with Crippen LogP contribution in [-0.2, 0) is 33.5 Å². The molecule has 2 saturated heterocycles. The van der Waals surface area contributed by atoms with Crippen LogP contribution in [0.25, 0.3) is 0 Å². The van der Waals surface area contributed by atoms with Gasteiger partial charge >= 0.3 is 29.9 Å². The van der Waals surface area contributed by atoms with Gasteiger partial charge in [0.1, 0.15) is 0 Å². The number of nitrogens with zero attached hydrogens (tertiary/aromatic N) is 6. The smallest absolute Gasteiger partial charge is 0.422 e. The Morgan fingerprint density at radius 2 is 0.983 bits per heavy atom. The van der Waals surface area contributed by atoms with Crippen LogP contribution in [0, 0.1) is 10.8 Å². The fraction of sp³-hybridized carbons (Fsp3) is 0.571. The molecule has 326 valence electrons. The molecule has 0 aromatic heterocycles. The number of esters is 1. The van der Waals surface area contributed by atoms with Crippen molar-refractivity contribution < 1.29 is 46.7 Å². The van der Waals surface area contributed by atoms with Crippen molar-refractivity contribution in [2.24, 2.45) is 16.6 Å². The van der Waals surface area contributed by atoms with Crippen LogP contribution < -0.4 is 5.73 Å². The molecule has 2 aliphatic rings. The van der Waals surface area contributed by atoms with Crippen LogP contribution in [0.1, 0.15) is 64.8 Å². The van der Waals surface area contributed by atoms with Crippen molar-refractivity contribution in [1.29, 1.82) is 0 Å². The zero-order chi connectivity index (χ0) is 44.6. The van der Waals surface area contributed by atoms with Crippen LogP contribution in [0.15, 0.2) is 60.7 Å². The Balaban J connectivity index is 0.000000320. The lowest BCUT2D eigenvalue weighted by Crippen LogP contribution is -2.61. The van der Waals surface area contributed by atoms with Gasteiger partial charge in [-0.1, -0.05) is 60.7 Å². The number of carbonyl (C=O) groups excluding carboxylic acids is 6. The van der Waals surface area contributed by atoms with E-state index in [2.05, 4.69) is 4.74 Å². The van der Waals surface area contributed by atoms with Crippen molar-refractivity contribution in [2.45, 2.75) is 71.9 Å². The molecule has 2 fully saturated rings. The number of carbonyl (C=O) groups is 6. The van der Waals surface area contributed by atoms with Gasteiger partial charge in [-0.25, -0.2) is 4.79 Å². The summed E-state index contributed by atoms with van der Waals surface area (Å²) in [4.78, 5) is 85.4. The van der Waals surface area contributed by atoms with Gasteiger partial charge in [-0.05, 0) is 80.9 Å². The zero-order valence-electron chi connectivity index (χ0n) is 35.8. The summed E-state index contributed by atoms with van der Waals surface area (Å²) in [5.74, 6) is -4.48. The van der Waals surface area contributed by atoms with Gasteiger partial charge in [0.15, 0.2) is 6.61 Å². The van der Waals surface area contributed by atoms with E-state index >= 15 is 0 Å². The molecule has 0 radical (unpaired) electrons. The second kappa shape index (κ2) is 19.8. The molecule has 0 saturated carbocycles. The fourth-order valence-electron chi connectivity index (χ4n) is 7.85. The van der Waals surface area contributed by atoms with E-state index in [1.54, 1.807) is 42.2 Å². The molecule has 5 amide bonds. The SMILES string of the molecule is C[C@@H]1CN(C(=O)C(=O)OCC(F)(F)F)[C@@H](c2ccccc2)CN1C(=O)C(C)(C)CN(C)C.C[C@@H]1CN(C(=O)C(N)=O)[C@@H](c2ccccc2)CN1C(=O)C(C)(C)CN(C)C. The number of rotatable bonds is 9. The molecule has 2 N–H and O–H groups in total. The van der Waals surface area contributed by atoms with Crippen LogP contribution in [-0.4, -0.2) is 157 Å². The summed E-state index contributed by atoms with van der Waals surface area (Å²) in [6.07, 6.45) is -4.73. The number of halogens is 3. The Hall–Kier alpha value is -5.03. The number of piperazine rings is 2. The molecule has 17 heteroatoms. The van der Waals surface area contributed by atoms with Crippen molar-refractivity contribution in [1.82, 2.24) is 29.4 Å². The van der Waals surface area contributed by atoms with Gasteiger partial charge < -0.3 is 39.9 Å². The molecule has 0 spiro atoms. The molecule has 0 bridgehead atoms. The Morgan fingerprint density at radius 3 is 1.31 bits per heavy atom. The Morgan fingerprint density at radius 1 is 0.627 bits per heavy atom. The maximum absolute atomic E-state index is 13.3. The summed E-state index contributed by atoms with van der Waals surface area (Å²) in [6.45, 7) is 11.2. The second-order valence-corrected chi connectivity index (χ2v) is 17.2. The number of amides is 5. The van der Waals surface area contributed by atoms with Crippen molar-refractivity contribution in [3.8, 4) is 0 Å². The molecule has 4 atom stereocenters. The first-order chi connectivity index (χ1) is 27.3. The molecule has 2 aromatic rings. The Labute approximate surface area is 345 Å². The highest BCUT2D eigenvalue weighted by Gasteiger charge is 2.45. The lowest BCUT2D eigenvalue weighted by Gasteiger charge is -2.47. The maximum atomic E-state index is 13.3. The predicted octanol–water partition coefficient (Wildman–Crippen LogP) is 3.34. The second-order valence-electron chi connectivity index (χ2n) is 17.2. The van der Waals surface area contributed by atoms with Crippen molar-refractivity contribution in [3.63, 3.8) is 0 Å². The lowest BCUT2D eigenvalue weighted by atomic mass is 9.88. The van der Waals surface area contributed by atoms with Crippen LogP contribution in [0.3, 0.4) is 0 Å². The standard InChI is InChI=1S/C22H30F3N3O4.C20H30N4O3/c1-15-11-28(18(29)19(30)32-14-22(23,24)25)17(16-9-7-6-8-10-16)12-27(15)20(31)21(2,3)13-26(4)5;1-14-11-24(18(26)17(21)25)16(15-9-7-6-8-10-15)12-23(14)19(27)20(2,3)13-22(4)5/h6-10,15,17H,11-14H2,1-5H3;6-10,14,16H,11-13H2,1-5H3,(H2,21,25)/t15-,17-;14-,16-/m11/s1. The minimum atomic E-state index is -4.73. The van der Waals surface area contributed by atoms with Gasteiger partial charge in [0.25, 0.3) is 0 Å². The van der Waals surface area contributed by atoms with Gasteiger partial charge in [-0.15, -0.1) is 0 Å². The van der Waals surface area contributed by atoms with E-state index in [9.17, 15) is 41.9 Å². The molecular formula is C42H60F3N7O7. The number of ether oxygens (including phenoxy) is 1. The molecule has 4 rings (SSSR count). The summed E-state index contributed by atoms with van der Waals surface area (Å²) >= 11 is 0. The van der Waals surface area contributed by atoms with Crippen molar-refractivity contribution in [3.05, 3.63) is 71.8 Å². The van der Waals surface area contributed by atoms with Crippen LogP contribution in [0.4, 0.5) is 13.2 Å². The quantitative estimate of drug-likeness (QED) is 0.296. The number of hydrogen-bond acceptors (Lipinski definition) is 9. The highest BCUT2D eigenvalue weighted by Crippen LogP contribution is 2.33. The highest BCUT2D eigenvalue weighted by molar-refractivity contribution is 6.34. The van der Waals surface area contributed by atoms with E-state index in [1.165, 1.54) is 9.80 Å². The normalized spacial score (nSPS) is 20.2. The minimum absolute atomic E-state index is 0.0106. The topological polar surface area (TPSA) is 157 Å². The zero-order valence-corrected chi connectivity index (χ0v) is 35.8. The first-order valence-electron chi connectivity index (χ1n) is 19.4. The van der Waals surface area contributed by atoms with E-state index in [4.69, 9.17) is 5.73 Å². The van der Waals surface area contributed by atoms with Gasteiger partial charge in [-0.2, -0.15) is 13.2 Å².